The van der Waals surface area contributed by atoms with E-state index in [4.69, 9.17) is 4.42 Å². The average molecular weight is 433 g/mol. The average Bonchev–Trinajstić information content (AvgIpc) is 3.50. The maximum absolute atomic E-state index is 12.6. The molecule has 1 fully saturated rings. The zero-order valence-corrected chi connectivity index (χ0v) is 17.2. The summed E-state index contributed by atoms with van der Waals surface area (Å²) in [5, 5.41) is 12.4. The minimum absolute atomic E-state index is 0.125. The van der Waals surface area contributed by atoms with E-state index in [2.05, 4.69) is 15.5 Å². The van der Waals surface area contributed by atoms with Gasteiger partial charge in [0.25, 0.3) is 0 Å². The number of hydrogen-bond acceptors (Lipinski definition) is 7. The highest BCUT2D eigenvalue weighted by Crippen LogP contribution is 2.24. The van der Waals surface area contributed by atoms with Gasteiger partial charge < -0.3 is 9.73 Å². The Labute approximate surface area is 172 Å². The predicted molar refractivity (Wildman–Crippen MR) is 108 cm³/mol. The van der Waals surface area contributed by atoms with Crippen LogP contribution in [0, 0.1) is 0 Å². The van der Waals surface area contributed by atoms with Gasteiger partial charge in [-0.3, -0.25) is 4.79 Å². The van der Waals surface area contributed by atoms with Gasteiger partial charge in [0.05, 0.1) is 4.90 Å². The van der Waals surface area contributed by atoms with Crippen LogP contribution in [-0.2, 0) is 16.4 Å². The van der Waals surface area contributed by atoms with Crippen molar-refractivity contribution in [2.24, 2.45) is 0 Å². The Morgan fingerprint density at radius 3 is 2.59 bits per heavy atom. The number of nitrogens with zero attached hydrogens (tertiary/aromatic N) is 3. The van der Waals surface area contributed by atoms with E-state index in [0.29, 0.717) is 25.2 Å². The third-order valence-electron chi connectivity index (χ3n) is 4.66. The van der Waals surface area contributed by atoms with E-state index in [1.807, 2.05) is 17.5 Å². The molecule has 3 aromatic rings. The van der Waals surface area contributed by atoms with Crippen molar-refractivity contribution in [1.82, 2.24) is 19.8 Å². The van der Waals surface area contributed by atoms with Crippen LogP contribution < -0.4 is 5.32 Å². The smallest absolute Gasteiger partial charge is 0.308 e. The first-order valence-corrected chi connectivity index (χ1v) is 11.6. The minimum atomic E-state index is -3.47. The first kappa shape index (κ1) is 19.7. The molecule has 0 radical (unpaired) electrons. The SMILES string of the molecule is O=C(NCCc1cccs1)c1nnc(-c2ccc(S(=O)(=O)N3CCCC3)cc2)o1. The maximum Gasteiger partial charge on any atom is 0.308 e. The van der Waals surface area contributed by atoms with Crippen LogP contribution in [0.2, 0.25) is 0 Å². The molecule has 0 bridgehead atoms. The van der Waals surface area contributed by atoms with Crippen LogP contribution in [0.4, 0.5) is 0 Å². The number of carbonyl (C=O) groups is 1. The molecule has 152 valence electrons. The first-order chi connectivity index (χ1) is 14.0. The van der Waals surface area contributed by atoms with Gasteiger partial charge in [0, 0.05) is 30.1 Å². The van der Waals surface area contributed by atoms with Gasteiger partial charge in [0.1, 0.15) is 0 Å². The number of amides is 1. The molecule has 8 nitrogen and oxygen atoms in total. The molecule has 0 spiro atoms. The highest BCUT2D eigenvalue weighted by molar-refractivity contribution is 7.89. The third kappa shape index (κ3) is 4.39. The first-order valence-electron chi connectivity index (χ1n) is 9.29. The summed E-state index contributed by atoms with van der Waals surface area (Å²) in [5.74, 6) is -0.396. The Kier molecular flexibility index (Phi) is 5.74. The van der Waals surface area contributed by atoms with Gasteiger partial charge in [0.2, 0.25) is 15.9 Å². The van der Waals surface area contributed by atoms with Crippen LogP contribution in [0.15, 0.2) is 51.1 Å². The lowest BCUT2D eigenvalue weighted by molar-refractivity contribution is 0.0920. The zero-order valence-electron chi connectivity index (χ0n) is 15.6. The largest absolute Gasteiger partial charge is 0.412 e. The molecule has 1 aliphatic rings. The van der Waals surface area contributed by atoms with E-state index in [0.717, 1.165) is 19.3 Å². The van der Waals surface area contributed by atoms with Gasteiger partial charge in [-0.2, -0.15) is 4.31 Å². The Morgan fingerprint density at radius 2 is 1.90 bits per heavy atom. The van der Waals surface area contributed by atoms with Crippen LogP contribution in [0.5, 0.6) is 0 Å². The summed E-state index contributed by atoms with van der Waals surface area (Å²) in [7, 11) is -3.47. The molecule has 10 heteroatoms. The summed E-state index contributed by atoms with van der Waals surface area (Å²) >= 11 is 1.63. The Hall–Kier alpha value is -2.56. The summed E-state index contributed by atoms with van der Waals surface area (Å²) < 4.78 is 32.1. The number of rotatable bonds is 7. The van der Waals surface area contributed by atoms with Crippen LogP contribution >= 0.6 is 11.3 Å². The molecular weight excluding hydrogens is 412 g/mol. The highest BCUT2D eigenvalue weighted by atomic mass is 32.2. The van der Waals surface area contributed by atoms with Crippen LogP contribution in [0.3, 0.4) is 0 Å². The quantitative estimate of drug-likeness (QED) is 0.615. The second-order valence-corrected chi connectivity index (χ2v) is 9.60. The Bertz CT molecular complexity index is 1070. The molecule has 1 aromatic carbocycles. The second-order valence-electron chi connectivity index (χ2n) is 6.63. The number of sulfonamides is 1. The van der Waals surface area contributed by atoms with Crippen LogP contribution in [-0.4, -0.2) is 48.5 Å². The fraction of sp³-hybridized carbons (Fsp3) is 0.316. The van der Waals surface area contributed by atoms with E-state index < -0.39 is 15.9 Å². The summed E-state index contributed by atoms with van der Waals surface area (Å²) in [6.45, 7) is 1.58. The van der Waals surface area contributed by atoms with Gasteiger partial charge >= 0.3 is 11.8 Å². The lowest BCUT2D eigenvalue weighted by atomic mass is 10.2. The van der Waals surface area contributed by atoms with E-state index in [9.17, 15) is 13.2 Å². The van der Waals surface area contributed by atoms with Gasteiger partial charge in [-0.1, -0.05) is 6.07 Å². The van der Waals surface area contributed by atoms with Crippen molar-refractivity contribution in [2.75, 3.05) is 19.6 Å². The number of aromatic nitrogens is 2. The molecule has 4 rings (SSSR count). The Morgan fingerprint density at radius 1 is 1.14 bits per heavy atom. The molecule has 1 amide bonds. The van der Waals surface area contributed by atoms with E-state index in [1.165, 1.54) is 21.3 Å². The van der Waals surface area contributed by atoms with Crippen LogP contribution in [0.1, 0.15) is 28.4 Å². The molecule has 0 saturated carbocycles. The van der Waals surface area contributed by atoms with Gasteiger partial charge in [-0.05, 0) is 55.0 Å². The molecule has 0 unspecified atom stereocenters. The second kappa shape index (κ2) is 8.44. The molecule has 1 saturated heterocycles. The Balaban J connectivity index is 1.40. The molecule has 1 N–H and O–H groups in total. The van der Waals surface area contributed by atoms with Crippen molar-refractivity contribution in [1.29, 1.82) is 0 Å². The molecular formula is C19H20N4O4S2. The van der Waals surface area contributed by atoms with Crippen molar-refractivity contribution >= 4 is 27.3 Å². The number of hydrogen-bond donors (Lipinski definition) is 1. The van der Waals surface area contributed by atoms with Crippen molar-refractivity contribution in [3.05, 3.63) is 52.5 Å². The topological polar surface area (TPSA) is 105 Å². The highest BCUT2D eigenvalue weighted by Gasteiger charge is 2.27. The van der Waals surface area contributed by atoms with Gasteiger partial charge in [-0.25, -0.2) is 8.42 Å². The van der Waals surface area contributed by atoms with E-state index in [-0.39, 0.29) is 16.7 Å². The lowest BCUT2D eigenvalue weighted by Gasteiger charge is -2.15. The number of carbonyl (C=O) groups excluding carboxylic acids is 1. The summed E-state index contributed by atoms with van der Waals surface area (Å²) in [6, 6.07) is 10.2. The maximum atomic E-state index is 12.6. The standard InChI is InChI=1S/C19H20N4O4S2/c24-17(20-10-9-15-4-3-13-28-15)19-22-21-18(27-19)14-5-7-16(8-6-14)29(25,26)23-11-1-2-12-23/h3-8,13H,1-2,9-12H2,(H,20,24). The minimum Gasteiger partial charge on any atom is -0.412 e. The van der Waals surface area contributed by atoms with Crippen molar-refractivity contribution in [2.45, 2.75) is 24.2 Å². The zero-order chi connectivity index (χ0) is 20.3. The number of thiophene rings is 1. The summed E-state index contributed by atoms with van der Waals surface area (Å²) in [4.78, 5) is 13.6. The molecule has 1 aliphatic heterocycles. The van der Waals surface area contributed by atoms with Crippen molar-refractivity contribution in [3.8, 4) is 11.5 Å². The third-order valence-corrected chi connectivity index (χ3v) is 7.51. The number of nitrogens with one attached hydrogen (secondary N) is 1. The fourth-order valence-corrected chi connectivity index (χ4v) is 5.33. The van der Waals surface area contributed by atoms with Crippen molar-refractivity contribution < 1.29 is 17.6 Å². The fourth-order valence-electron chi connectivity index (χ4n) is 3.11. The van der Waals surface area contributed by atoms with E-state index in [1.54, 1.807) is 23.5 Å². The molecule has 29 heavy (non-hydrogen) atoms. The van der Waals surface area contributed by atoms with Crippen molar-refractivity contribution in [3.63, 3.8) is 0 Å². The summed E-state index contributed by atoms with van der Waals surface area (Å²) in [6.07, 6.45) is 2.51. The molecule has 0 aliphatic carbocycles. The van der Waals surface area contributed by atoms with Gasteiger partial charge in [0.15, 0.2) is 0 Å². The normalized spacial score (nSPS) is 14.9. The number of benzene rings is 1. The summed E-state index contributed by atoms with van der Waals surface area (Å²) in [5.41, 5.74) is 0.551. The lowest BCUT2D eigenvalue weighted by Crippen LogP contribution is -2.27. The monoisotopic (exact) mass is 432 g/mol. The van der Waals surface area contributed by atoms with E-state index >= 15 is 0 Å². The van der Waals surface area contributed by atoms with Crippen LogP contribution in [0.25, 0.3) is 11.5 Å². The van der Waals surface area contributed by atoms with Gasteiger partial charge in [-0.15, -0.1) is 21.5 Å². The predicted octanol–water partition coefficient (Wildman–Crippen LogP) is 2.56. The molecule has 0 atom stereocenters. The molecule has 2 aromatic heterocycles. The molecule has 3 heterocycles.